The third-order valence-corrected chi connectivity index (χ3v) is 4.39. The number of esters is 2. The van der Waals surface area contributed by atoms with E-state index in [9.17, 15) is 14.4 Å². The van der Waals surface area contributed by atoms with Crippen LogP contribution in [0.1, 0.15) is 25.0 Å². The Labute approximate surface area is 161 Å². The lowest BCUT2D eigenvalue weighted by atomic mass is 10.0. The van der Waals surface area contributed by atoms with Gasteiger partial charge in [-0.15, -0.1) is 0 Å². The quantitative estimate of drug-likeness (QED) is 0.738. The number of hydrogen-bond donors (Lipinski definition) is 2. The van der Waals surface area contributed by atoms with E-state index in [-0.39, 0.29) is 30.9 Å². The van der Waals surface area contributed by atoms with Crippen LogP contribution in [0.4, 0.5) is 4.79 Å². The number of urea groups is 1. The molecule has 0 bridgehead atoms. The van der Waals surface area contributed by atoms with E-state index in [1.807, 2.05) is 25.1 Å². The summed E-state index contributed by atoms with van der Waals surface area (Å²) in [5.74, 6) is -1.07. The summed E-state index contributed by atoms with van der Waals surface area (Å²) in [6.07, 6.45) is 1.54. The second-order valence-electron chi connectivity index (χ2n) is 6.53. The van der Waals surface area contributed by atoms with Crippen LogP contribution in [0, 0.1) is 6.92 Å². The Morgan fingerprint density at radius 2 is 2.04 bits per heavy atom. The molecule has 1 aliphatic heterocycles. The van der Waals surface area contributed by atoms with Crippen LogP contribution >= 0.6 is 0 Å². The molecule has 2 N–H and O–H groups in total. The highest BCUT2D eigenvalue weighted by atomic mass is 16.5. The molecule has 0 saturated heterocycles. The van der Waals surface area contributed by atoms with Gasteiger partial charge >= 0.3 is 18.0 Å². The minimum Gasteiger partial charge on any atom is -0.464 e. The lowest BCUT2D eigenvalue weighted by Gasteiger charge is -2.26. The molecule has 2 heterocycles. The Balaban J connectivity index is 1.71. The molecule has 0 spiro atoms. The first-order chi connectivity index (χ1) is 13.4. The first-order valence-electron chi connectivity index (χ1n) is 8.99. The van der Waals surface area contributed by atoms with Gasteiger partial charge in [0.15, 0.2) is 0 Å². The van der Waals surface area contributed by atoms with Crippen LogP contribution in [0.3, 0.4) is 0 Å². The maximum atomic E-state index is 12.3. The predicted octanol–water partition coefficient (Wildman–Crippen LogP) is 2.35. The lowest BCUT2D eigenvalue weighted by molar-refractivity contribution is -0.143. The molecule has 28 heavy (non-hydrogen) atoms. The summed E-state index contributed by atoms with van der Waals surface area (Å²) in [5.41, 5.74) is 2.93. The minimum absolute atomic E-state index is 0.0137. The van der Waals surface area contributed by atoms with Gasteiger partial charge in [-0.1, -0.05) is 12.1 Å². The Morgan fingerprint density at radius 1 is 1.25 bits per heavy atom. The standard InChI is InChI=1S/C20H22N2O6/c1-4-26-19(24)18-12(3)21-20(25)22-15(18)10-28-17(23)8-13-9-27-16-7-11(2)5-6-14(13)16/h5-7,9,12H,4,8,10H2,1-3H3,(H2,21,22,25)/t12-/m0/s1. The Hall–Kier alpha value is -3.29. The molecule has 0 unspecified atom stereocenters. The summed E-state index contributed by atoms with van der Waals surface area (Å²) in [6.45, 7) is 5.27. The van der Waals surface area contributed by atoms with Gasteiger partial charge < -0.3 is 24.5 Å². The van der Waals surface area contributed by atoms with E-state index in [2.05, 4.69) is 10.6 Å². The van der Waals surface area contributed by atoms with E-state index in [0.29, 0.717) is 11.1 Å². The molecule has 2 amide bonds. The molecule has 0 saturated carbocycles. The summed E-state index contributed by atoms with van der Waals surface area (Å²) >= 11 is 0. The fourth-order valence-electron chi connectivity index (χ4n) is 3.08. The topological polar surface area (TPSA) is 107 Å². The van der Waals surface area contributed by atoms with Crippen molar-refractivity contribution >= 4 is 28.9 Å². The highest BCUT2D eigenvalue weighted by molar-refractivity contribution is 5.95. The number of benzene rings is 1. The maximum Gasteiger partial charge on any atom is 0.338 e. The number of carbonyl (C=O) groups is 3. The number of furan rings is 1. The van der Waals surface area contributed by atoms with Crippen molar-refractivity contribution in [3.8, 4) is 0 Å². The fraction of sp³-hybridized carbons (Fsp3) is 0.350. The highest BCUT2D eigenvalue weighted by Gasteiger charge is 2.30. The first-order valence-corrected chi connectivity index (χ1v) is 8.99. The van der Waals surface area contributed by atoms with Crippen molar-refractivity contribution in [2.45, 2.75) is 33.2 Å². The molecule has 1 atom stereocenters. The molecule has 0 aliphatic carbocycles. The molecule has 148 valence electrons. The van der Waals surface area contributed by atoms with Crippen LogP contribution in [-0.2, 0) is 25.5 Å². The van der Waals surface area contributed by atoms with Gasteiger partial charge in [0.05, 0.1) is 36.6 Å². The van der Waals surface area contributed by atoms with Crippen LogP contribution in [0.25, 0.3) is 11.0 Å². The first kappa shape index (κ1) is 19.5. The van der Waals surface area contributed by atoms with Crippen molar-refractivity contribution in [2.24, 2.45) is 0 Å². The third-order valence-electron chi connectivity index (χ3n) is 4.39. The van der Waals surface area contributed by atoms with E-state index < -0.39 is 24.0 Å². The highest BCUT2D eigenvalue weighted by Crippen LogP contribution is 2.23. The monoisotopic (exact) mass is 386 g/mol. The zero-order chi connectivity index (χ0) is 20.3. The van der Waals surface area contributed by atoms with Crippen molar-refractivity contribution in [2.75, 3.05) is 13.2 Å². The van der Waals surface area contributed by atoms with Crippen molar-refractivity contribution in [3.63, 3.8) is 0 Å². The van der Waals surface area contributed by atoms with Gasteiger partial charge in [0.1, 0.15) is 12.2 Å². The predicted molar refractivity (Wildman–Crippen MR) is 100 cm³/mol. The van der Waals surface area contributed by atoms with Gasteiger partial charge in [-0.2, -0.15) is 0 Å². The Morgan fingerprint density at radius 3 is 2.79 bits per heavy atom. The second kappa shape index (κ2) is 8.16. The number of amides is 2. The van der Waals surface area contributed by atoms with Gasteiger partial charge in [-0.25, -0.2) is 9.59 Å². The van der Waals surface area contributed by atoms with Crippen LogP contribution in [0.15, 0.2) is 40.1 Å². The minimum atomic E-state index is -0.565. The normalized spacial score (nSPS) is 16.5. The SMILES string of the molecule is CCOC(=O)C1=C(COC(=O)Cc2coc3cc(C)ccc23)NC(=O)N[C@H]1C. The van der Waals surface area contributed by atoms with Gasteiger partial charge in [-0.05, 0) is 32.4 Å². The van der Waals surface area contributed by atoms with Crippen molar-refractivity contribution in [1.82, 2.24) is 10.6 Å². The molecule has 0 radical (unpaired) electrons. The molecule has 3 rings (SSSR count). The summed E-state index contributed by atoms with van der Waals surface area (Å²) in [7, 11) is 0. The molecule has 1 aliphatic rings. The van der Waals surface area contributed by atoms with Gasteiger partial charge in [0, 0.05) is 10.9 Å². The Bertz CT molecular complexity index is 959. The number of carbonyl (C=O) groups excluding carboxylic acids is 3. The zero-order valence-electron chi connectivity index (χ0n) is 16.0. The lowest BCUT2D eigenvalue weighted by Crippen LogP contribution is -2.50. The van der Waals surface area contributed by atoms with E-state index in [1.54, 1.807) is 13.8 Å². The molecule has 1 aromatic carbocycles. The largest absolute Gasteiger partial charge is 0.464 e. The molecule has 0 fully saturated rings. The molecule has 2 aromatic rings. The number of nitrogens with one attached hydrogen (secondary N) is 2. The average Bonchev–Trinajstić information content (AvgIpc) is 3.01. The molecule has 1 aromatic heterocycles. The van der Waals surface area contributed by atoms with Crippen LogP contribution in [0.2, 0.25) is 0 Å². The fourth-order valence-corrected chi connectivity index (χ4v) is 3.08. The van der Waals surface area contributed by atoms with Crippen molar-refractivity contribution in [3.05, 3.63) is 46.9 Å². The van der Waals surface area contributed by atoms with Crippen LogP contribution in [-0.4, -0.2) is 37.2 Å². The van der Waals surface area contributed by atoms with E-state index >= 15 is 0 Å². The molecular formula is C20H22N2O6. The number of aryl methyl sites for hydroxylation is 1. The summed E-state index contributed by atoms with van der Waals surface area (Å²) in [5, 5.41) is 5.95. The van der Waals surface area contributed by atoms with Crippen molar-refractivity contribution in [1.29, 1.82) is 0 Å². The molecule has 8 heteroatoms. The Kier molecular flexibility index (Phi) is 5.67. The van der Waals surface area contributed by atoms with E-state index in [4.69, 9.17) is 13.9 Å². The van der Waals surface area contributed by atoms with Crippen molar-refractivity contribution < 1.29 is 28.3 Å². The smallest absolute Gasteiger partial charge is 0.338 e. The van der Waals surface area contributed by atoms with Crippen LogP contribution < -0.4 is 10.6 Å². The molecular weight excluding hydrogens is 364 g/mol. The summed E-state index contributed by atoms with van der Waals surface area (Å²) in [4.78, 5) is 36.2. The number of ether oxygens (including phenoxy) is 2. The second-order valence-corrected chi connectivity index (χ2v) is 6.53. The summed E-state index contributed by atoms with van der Waals surface area (Å²) < 4.78 is 15.8. The number of fused-ring (bicyclic) bond motifs is 1. The third kappa shape index (κ3) is 4.16. The molecule has 8 nitrogen and oxygen atoms in total. The van der Waals surface area contributed by atoms with Crippen LogP contribution in [0.5, 0.6) is 0 Å². The van der Waals surface area contributed by atoms with E-state index in [1.165, 1.54) is 6.26 Å². The number of hydrogen-bond acceptors (Lipinski definition) is 6. The number of rotatable bonds is 6. The van der Waals surface area contributed by atoms with Gasteiger partial charge in [0.2, 0.25) is 0 Å². The van der Waals surface area contributed by atoms with Gasteiger partial charge in [0.25, 0.3) is 0 Å². The zero-order valence-corrected chi connectivity index (χ0v) is 16.0. The summed E-state index contributed by atoms with van der Waals surface area (Å²) in [6, 6.07) is 4.71. The van der Waals surface area contributed by atoms with Gasteiger partial charge in [-0.3, -0.25) is 4.79 Å². The maximum absolute atomic E-state index is 12.3. The van der Waals surface area contributed by atoms with E-state index in [0.717, 1.165) is 10.9 Å². The average molecular weight is 386 g/mol.